The second kappa shape index (κ2) is 7.18. The molecule has 0 fully saturated rings. The molecule has 0 saturated heterocycles. The van der Waals surface area contributed by atoms with Crippen molar-refractivity contribution < 1.29 is 0 Å². The topological polar surface area (TPSA) is 49.9 Å². The largest absolute Gasteiger partial charge is 0.330 e. The molecule has 2 heteroatoms. The van der Waals surface area contributed by atoms with Crippen LogP contribution in [0.25, 0.3) is 0 Å². The van der Waals surface area contributed by atoms with Crippen LogP contribution < -0.4 is 5.73 Å². The Bertz CT molecular complexity index is 303. The minimum absolute atomic E-state index is 0.451. The second-order valence-corrected chi connectivity index (χ2v) is 4.33. The van der Waals surface area contributed by atoms with Crippen molar-refractivity contribution in [3.8, 4) is 0 Å². The Labute approximate surface area is 98.4 Å². The van der Waals surface area contributed by atoms with Crippen molar-refractivity contribution in [1.82, 2.24) is 0 Å². The Balaban J connectivity index is 2.42. The predicted molar refractivity (Wildman–Crippen MR) is 70.3 cm³/mol. The molecule has 0 aliphatic carbocycles. The van der Waals surface area contributed by atoms with E-state index in [1.807, 2.05) is 0 Å². The minimum Gasteiger partial charge on any atom is -0.330 e. The van der Waals surface area contributed by atoms with Crippen LogP contribution in [0.3, 0.4) is 0 Å². The van der Waals surface area contributed by atoms with Gasteiger partial charge in [-0.15, -0.1) is 0 Å². The molecule has 1 atom stereocenters. The van der Waals surface area contributed by atoms with E-state index < -0.39 is 0 Å². The molecule has 1 unspecified atom stereocenters. The molecule has 0 bridgehead atoms. The van der Waals surface area contributed by atoms with E-state index in [-0.39, 0.29) is 0 Å². The molecule has 0 amide bonds. The number of nitrogens with two attached hydrogens (primary N) is 1. The standard InChI is InChI=1S/C14H22N2/c1-12(11-16)14-8-6-13(7-9-14)5-3-2-4-10-15/h6-10,12,15H,2-5,11,16H2,1H3. The van der Waals surface area contributed by atoms with E-state index >= 15 is 0 Å². The maximum absolute atomic E-state index is 6.95. The van der Waals surface area contributed by atoms with Gasteiger partial charge in [0.25, 0.3) is 0 Å². The van der Waals surface area contributed by atoms with Crippen LogP contribution in [0.15, 0.2) is 24.3 Å². The van der Waals surface area contributed by atoms with E-state index in [2.05, 4.69) is 31.2 Å². The van der Waals surface area contributed by atoms with Gasteiger partial charge in [-0.2, -0.15) is 0 Å². The predicted octanol–water partition coefficient (Wildman–Crippen LogP) is 3.11. The lowest BCUT2D eigenvalue weighted by atomic mass is 9.98. The summed E-state index contributed by atoms with van der Waals surface area (Å²) in [6.07, 6.45) is 5.80. The van der Waals surface area contributed by atoms with E-state index in [9.17, 15) is 0 Å². The molecule has 0 aliphatic heterocycles. The van der Waals surface area contributed by atoms with Crippen LogP contribution in [0.4, 0.5) is 0 Å². The zero-order chi connectivity index (χ0) is 11.8. The van der Waals surface area contributed by atoms with Crippen molar-refractivity contribution in [3.05, 3.63) is 35.4 Å². The first-order chi connectivity index (χ1) is 7.77. The number of hydrogen-bond donors (Lipinski definition) is 2. The van der Waals surface area contributed by atoms with E-state index in [1.54, 1.807) is 0 Å². The third kappa shape index (κ3) is 4.15. The molecule has 0 saturated carbocycles. The summed E-state index contributed by atoms with van der Waals surface area (Å²) in [4.78, 5) is 0. The summed E-state index contributed by atoms with van der Waals surface area (Å²) < 4.78 is 0. The van der Waals surface area contributed by atoms with Crippen LogP contribution in [0.5, 0.6) is 0 Å². The molecule has 1 aromatic carbocycles. The van der Waals surface area contributed by atoms with Crippen molar-refractivity contribution in [3.63, 3.8) is 0 Å². The van der Waals surface area contributed by atoms with Gasteiger partial charge in [-0.05, 0) is 55.5 Å². The quantitative estimate of drug-likeness (QED) is 0.536. The van der Waals surface area contributed by atoms with Crippen LogP contribution in [-0.4, -0.2) is 12.8 Å². The first-order valence-corrected chi connectivity index (χ1v) is 6.05. The Morgan fingerprint density at radius 2 is 1.94 bits per heavy atom. The van der Waals surface area contributed by atoms with Gasteiger partial charge in [0, 0.05) is 0 Å². The molecular weight excluding hydrogens is 196 g/mol. The van der Waals surface area contributed by atoms with Gasteiger partial charge in [0.1, 0.15) is 0 Å². The van der Waals surface area contributed by atoms with Crippen LogP contribution in [0.1, 0.15) is 43.2 Å². The lowest BCUT2D eigenvalue weighted by Gasteiger charge is -2.09. The van der Waals surface area contributed by atoms with Crippen molar-refractivity contribution in [2.75, 3.05) is 6.54 Å². The fourth-order valence-corrected chi connectivity index (χ4v) is 1.72. The smallest absolute Gasteiger partial charge is 0.00109 e. The van der Waals surface area contributed by atoms with E-state index in [1.165, 1.54) is 23.8 Å². The molecule has 0 radical (unpaired) electrons. The Kier molecular flexibility index (Phi) is 5.79. The van der Waals surface area contributed by atoms with Crippen molar-refractivity contribution in [1.29, 1.82) is 5.41 Å². The third-order valence-electron chi connectivity index (χ3n) is 2.97. The van der Waals surface area contributed by atoms with E-state index in [4.69, 9.17) is 11.1 Å². The highest BCUT2D eigenvalue weighted by Crippen LogP contribution is 2.15. The average Bonchev–Trinajstić information content (AvgIpc) is 2.34. The molecule has 0 aliphatic rings. The first kappa shape index (κ1) is 12.9. The van der Waals surface area contributed by atoms with Gasteiger partial charge < -0.3 is 11.1 Å². The van der Waals surface area contributed by atoms with Crippen molar-refractivity contribution in [2.24, 2.45) is 5.73 Å². The summed E-state index contributed by atoms with van der Waals surface area (Å²) in [6, 6.07) is 8.77. The summed E-state index contributed by atoms with van der Waals surface area (Å²) in [5, 5.41) is 6.95. The lowest BCUT2D eigenvalue weighted by Crippen LogP contribution is -2.08. The van der Waals surface area contributed by atoms with Crippen LogP contribution >= 0.6 is 0 Å². The summed E-state index contributed by atoms with van der Waals surface area (Å²) in [5.74, 6) is 0.451. The zero-order valence-electron chi connectivity index (χ0n) is 10.1. The van der Waals surface area contributed by atoms with E-state index in [0.717, 1.165) is 19.3 Å². The number of nitrogens with one attached hydrogen (secondary N) is 1. The van der Waals surface area contributed by atoms with Crippen molar-refractivity contribution >= 4 is 6.21 Å². The average molecular weight is 218 g/mol. The summed E-state index contributed by atoms with van der Waals surface area (Å²) in [7, 11) is 0. The van der Waals surface area contributed by atoms with Crippen LogP contribution in [0, 0.1) is 5.41 Å². The van der Waals surface area contributed by atoms with Gasteiger partial charge in [0.15, 0.2) is 0 Å². The summed E-state index contributed by atoms with van der Waals surface area (Å²) in [5.41, 5.74) is 8.35. The summed E-state index contributed by atoms with van der Waals surface area (Å²) >= 11 is 0. The zero-order valence-corrected chi connectivity index (χ0v) is 10.1. The van der Waals surface area contributed by atoms with Gasteiger partial charge in [-0.3, -0.25) is 0 Å². The maximum atomic E-state index is 6.95. The highest BCUT2D eigenvalue weighted by molar-refractivity contribution is 5.52. The Hall–Kier alpha value is -1.15. The highest BCUT2D eigenvalue weighted by atomic mass is 14.5. The Morgan fingerprint density at radius 3 is 2.50 bits per heavy atom. The normalized spacial score (nSPS) is 12.4. The van der Waals surface area contributed by atoms with E-state index in [0.29, 0.717) is 12.5 Å². The number of rotatable bonds is 7. The lowest BCUT2D eigenvalue weighted by molar-refractivity contribution is 0.758. The molecule has 0 aromatic heterocycles. The number of hydrogen-bond acceptors (Lipinski definition) is 2. The van der Waals surface area contributed by atoms with Gasteiger partial charge in [0.2, 0.25) is 0 Å². The SMILES string of the molecule is CC(CN)c1ccc(CCCCC=N)cc1. The molecular formula is C14H22N2. The van der Waals surface area contributed by atoms with Crippen molar-refractivity contribution in [2.45, 2.75) is 38.5 Å². The molecule has 0 heterocycles. The molecule has 0 spiro atoms. The summed E-state index contributed by atoms with van der Waals surface area (Å²) in [6.45, 7) is 2.86. The molecule has 16 heavy (non-hydrogen) atoms. The second-order valence-electron chi connectivity index (χ2n) is 4.33. The molecule has 1 aromatic rings. The molecule has 88 valence electrons. The van der Waals surface area contributed by atoms with Gasteiger partial charge in [-0.1, -0.05) is 31.2 Å². The molecule has 3 N–H and O–H groups in total. The maximum Gasteiger partial charge on any atom is -0.00109 e. The number of aryl methyl sites for hydroxylation is 1. The molecule has 2 nitrogen and oxygen atoms in total. The first-order valence-electron chi connectivity index (χ1n) is 6.05. The van der Waals surface area contributed by atoms with Gasteiger partial charge in [-0.25, -0.2) is 0 Å². The van der Waals surface area contributed by atoms with Crippen LogP contribution in [-0.2, 0) is 6.42 Å². The number of unbranched alkanes of at least 4 members (excludes halogenated alkanes) is 2. The molecule has 1 rings (SSSR count). The van der Waals surface area contributed by atoms with Crippen LogP contribution in [0.2, 0.25) is 0 Å². The fourth-order valence-electron chi connectivity index (χ4n) is 1.72. The van der Waals surface area contributed by atoms with Gasteiger partial charge in [0.05, 0.1) is 0 Å². The monoisotopic (exact) mass is 218 g/mol. The highest BCUT2D eigenvalue weighted by Gasteiger charge is 2.02. The number of benzene rings is 1. The minimum atomic E-state index is 0.451. The fraction of sp³-hybridized carbons (Fsp3) is 0.500. The third-order valence-corrected chi connectivity index (χ3v) is 2.97. The van der Waals surface area contributed by atoms with Gasteiger partial charge >= 0.3 is 0 Å². The Morgan fingerprint density at radius 1 is 1.25 bits per heavy atom.